The molecule has 1 amide bonds. The van der Waals surface area contributed by atoms with Crippen LogP contribution in [0.25, 0.3) is 0 Å². The Labute approximate surface area is 114 Å². The number of carbonyl (C=O) groups excluding carboxylic acids is 2. The number of ketones is 1. The van der Waals surface area contributed by atoms with Gasteiger partial charge in [-0.3, -0.25) is 14.5 Å². The summed E-state index contributed by atoms with van der Waals surface area (Å²) in [6.07, 6.45) is 1.38. The second kappa shape index (κ2) is 6.48. The van der Waals surface area contributed by atoms with Crippen molar-refractivity contribution in [2.45, 2.75) is 12.8 Å². The first-order valence-corrected chi connectivity index (χ1v) is 6.67. The maximum absolute atomic E-state index is 12.0. The van der Waals surface area contributed by atoms with Crippen LogP contribution in [-0.4, -0.2) is 54.7 Å². The summed E-state index contributed by atoms with van der Waals surface area (Å²) in [6.45, 7) is 2.32. The van der Waals surface area contributed by atoms with Crippen LogP contribution in [0, 0.1) is 0 Å². The molecule has 1 aliphatic rings. The summed E-state index contributed by atoms with van der Waals surface area (Å²) in [6, 6.07) is 9.73. The number of nitrogens with zero attached hydrogens (tertiary/aromatic N) is 2. The number of hydrogen-bond acceptors (Lipinski definition) is 3. The van der Waals surface area contributed by atoms with Gasteiger partial charge >= 0.3 is 0 Å². The number of amides is 1. The molecule has 0 N–H and O–H groups in total. The fraction of sp³-hybridized carbons (Fsp3) is 0.467. The molecule has 19 heavy (non-hydrogen) atoms. The summed E-state index contributed by atoms with van der Waals surface area (Å²) in [4.78, 5) is 27.4. The molecule has 0 atom stereocenters. The van der Waals surface area contributed by atoms with Crippen molar-refractivity contribution in [1.82, 2.24) is 9.80 Å². The third-order valence-corrected chi connectivity index (χ3v) is 3.40. The SMILES string of the molecule is CN1CCCN(CC(=O)Cc2ccccc2)CC1=O. The van der Waals surface area contributed by atoms with Gasteiger partial charge in [0.1, 0.15) is 0 Å². The maximum atomic E-state index is 12.0. The van der Waals surface area contributed by atoms with Gasteiger partial charge in [-0.1, -0.05) is 30.3 Å². The van der Waals surface area contributed by atoms with E-state index in [0.717, 1.165) is 25.1 Å². The van der Waals surface area contributed by atoms with Crippen molar-refractivity contribution in [1.29, 1.82) is 0 Å². The molecule has 0 radical (unpaired) electrons. The zero-order valence-corrected chi connectivity index (χ0v) is 11.3. The van der Waals surface area contributed by atoms with E-state index in [0.29, 0.717) is 19.5 Å². The smallest absolute Gasteiger partial charge is 0.236 e. The fourth-order valence-corrected chi connectivity index (χ4v) is 2.31. The van der Waals surface area contributed by atoms with Gasteiger partial charge < -0.3 is 4.90 Å². The molecule has 4 heteroatoms. The molecule has 1 aromatic rings. The third kappa shape index (κ3) is 4.17. The Morgan fingerprint density at radius 3 is 2.68 bits per heavy atom. The second-order valence-corrected chi connectivity index (χ2v) is 5.08. The molecular formula is C15H20N2O2. The minimum Gasteiger partial charge on any atom is -0.345 e. The molecule has 4 nitrogen and oxygen atoms in total. The summed E-state index contributed by atoms with van der Waals surface area (Å²) in [5.74, 6) is 0.272. The van der Waals surface area contributed by atoms with E-state index >= 15 is 0 Å². The number of likely N-dealkylation sites (N-methyl/N-ethyl adjacent to an activating group) is 1. The highest BCUT2D eigenvalue weighted by Gasteiger charge is 2.20. The predicted octanol–water partition coefficient (Wildman–Crippen LogP) is 0.962. The molecule has 0 saturated carbocycles. The Hall–Kier alpha value is -1.68. The van der Waals surface area contributed by atoms with Gasteiger partial charge in [-0.05, 0) is 12.0 Å². The van der Waals surface area contributed by atoms with E-state index in [1.165, 1.54) is 0 Å². The first-order valence-electron chi connectivity index (χ1n) is 6.67. The van der Waals surface area contributed by atoms with Crippen LogP contribution in [0.3, 0.4) is 0 Å². The first-order chi connectivity index (χ1) is 9.15. The van der Waals surface area contributed by atoms with Gasteiger partial charge in [-0.2, -0.15) is 0 Å². The fourth-order valence-electron chi connectivity index (χ4n) is 2.31. The number of hydrogen-bond donors (Lipinski definition) is 0. The molecular weight excluding hydrogens is 240 g/mol. The largest absolute Gasteiger partial charge is 0.345 e. The second-order valence-electron chi connectivity index (χ2n) is 5.08. The molecule has 1 aromatic carbocycles. The van der Waals surface area contributed by atoms with E-state index in [4.69, 9.17) is 0 Å². The van der Waals surface area contributed by atoms with Crippen molar-refractivity contribution in [2.24, 2.45) is 0 Å². The highest BCUT2D eigenvalue weighted by molar-refractivity contribution is 5.84. The van der Waals surface area contributed by atoms with E-state index in [9.17, 15) is 9.59 Å². The van der Waals surface area contributed by atoms with Crippen LogP contribution < -0.4 is 0 Å². The zero-order chi connectivity index (χ0) is 13.7. The van der Waals surface area contributed by atoms with Gasteiger partial charge in [-0.15, -0.1) is 0 Å². The van der Waals surface area contributed by atoms with E-state index in [1.54, 1.807) is 4.90 Å². The highest BCUT2D eigenvalue weighted by Crippen LogP contribution is 2.05. The monoisotopic (exact) mass is 260 g/mol. The lowest BCUT2D eigenvalue weighted by atomic mass is 10.1. The van der Waals surface area contributed by atoms with Gasteiger partial charge in [0.05, 0.1) is 13.1 Å². The summed E-state index contributed by atoms with van der Waals surface area (Å²) in [5.41, 5.74) is 1.03. The Morgan fingerprint density at radius 2 is 1.95 bits per heavy atom. The van der Waals surface area contributed by atoms with Crippen LogP contribution in [0.15, 0.2) is 30.3 Å². The van der Waals surface area contributed by atoms with Crippen molar-refractivity contribution < 1.29 is 9.59 Å². The lowest BCUT2D eigenvalue weighted by Gasteiger charge is -2.18. The Kier molecular flexibility index (Phi) is 4.68. The van der Waals surface area contributed by atoms with Gasteiger partial charge in [-0.25, -0.2) is 0 Å². The molecule has 0 aliphatic carbocycles. The average Bonchev–Trinajstić information content (AvgIpc) is 2.53. The van der Waals surface area contributed by atoms with Crippen molar-refractivity contribution >= 4 is 11.7 Å². The van der Waals surface area contributed by atoms with E-state index < -0.39 is 0 Å². The van der Waals surface area contributed by atoms with E-state index in [-0.39, 0.29) is 11.7 Å². The Balaban J connectivity index is 1.86. The molecule has 1 heterocycles. The van der Waals surface area contributed by atoms with Gasteiger partial charge in [0, 0.05) is 26.6 Å². The van der Waals surface area contributed by atoms with Crippen molar-refractivity contribution in [2.75, 3.05) is 33.2 Å². The highest BCUT2D eigenvalue weighted by atomic mass is 16.2. The average molecular weight is 260 g/mol. The predicted molar refractivity (Wildman–Crippen MR) is 73.8 cm³/mol. The topological polar surface area (TPSA) is 40.6 Å². The number of carbonyl (C=O) groups is 2. The molecule has 102 valence electrons. The van der Waals surface area contributed by atoms with Crippen LogP contribution in [0.4, 0.5) is 0 Å². The lowest BCUT2D eigenvalue weighted by Crippen LogP contribution is -2.37. The molecule has 1 aliphatic heterocycles. The quantitative estimate of drug-likeness (QED) is 0.809. The molecule has 1 saturated heterocycles. The first kappa shape index (κ1) is 13.7. The molecule has 1 fully saturated rings. The number of benzene rings is 1. The summed E-state index contributed by atoms with van der Waals surface area (Å²) < 4.78 is 0. The lowest BCUT2D eigenvalue weighted by molar-refractivity contribution is -0.130. The minimum atomic E-state index is 0.102. The normalized spacial score (nSPS) is 17.3. The van der Waals surface area contributed by atoms with Gasteiger partial charge in [0.25, 0.3) is 0 Å². The van der Waals surface area contributed by atoms with Crippen molar-refractivity contribution in [3.8, 4) is 0 Å². The molecule has 0 unspecified atom stereocenters. The maximum Gasteiger partial charge on any atom is 0.236 e. The van der Waals surface area contributed by atoms with Crippen molar-refractivity contribution in [3.63, 3.8) is 0 Å². The Morgan fingerprint density at radius 1 is 1.21 bits per heavy atom. The van der Waals surface area contributed by atoms with Crippen LogP contribution in [0.1, 0.15) is 12.0 Å². The standard InChI is InChI=1S/C15H20N2O2/c1-16-8-5-9-17(12-15(16)19)11-14(18)10-13-6-3-2-4-7-13/h2-4,6-7H,5,8-12H2,1H3. The van der Waals surface area contributed by atoms with E-state index in [2.05, 4.69) is 0 Å². The summed E-state index contributed by atoms with van der Waals surface area (Å²) >= 11 is 0. The van der Waals surface area contributed by atoms with E-state index in [1.807, 2.05) is 42.3 Å². The number of Topliss-reactive ketones (excluding diaryl/α,β-unsaturated/α-hetero) is 1. The van der Waals surface area contributed by atoms with Crippen LogP contribution in [0.2, 0.25) is 0 Å². The number of rotatable bonds is 4. The summed E-state index contributed by atoms with van der Waals surface area (Å²) in [5, 5.41) is 0. The molecule has 0 spiro atoms. The molecule has 2 rings (SSSR count). The zero-order valence-electron chi connectivity index (χ0n) is 11.3. The van der Waals surface area contributed by atoms with Crippen LogP contribution >= 0.6 is 0 Å². The van der Waals surface area contributed by atoms with Crippen LogP contribution in [0.5, 0.6) is 0 Å². The Bertz CT molecular complexity index is 445. The van der Waals surface area contributed by atoms with Crippen LogP contribution in [-0.2, 0) is 16.0 Å². The summed E-state index contributed by atoms with van der Waals surface area (Å²) in [7, 11) is 1.82. The third-order valence-electron chi connectivity index (χ3n) is 3.40. The molecule has 0 aromatic heterocycles. The van der Waals surface area contributed by atoms with Crippen molar-refractivity contribution in [3.05, 3.63) is 35.9 Å². The minimum absolute atomic E-state index is 0.102. The van der Waals surface area contributed by atoms with Gasteiger partial charge in [0.15, 0.2) is 5.78 Å². The van der Waals surface area contributed by atoms with Gasteiger partial charge in [0.2, 0.25) is 5.91 Å². The molecule has 0 bridgehead atoms.